The Hall–Kier alpha value is -0.700. The van der Waals surface area contributed by atoms with Crippen LogP contribution in [0.1, 0.15) is 38.8 Å². The number of rotatable bonds is 0. The number of alkyl halides is 3. The van der Waals surface area contributed by atoms with Crippen molar-refractivity contribution in [3.63, 3.8) is 0 Å². The normalized spacial score (nSPS) is 9.56. The molecule has 0 unspecified atom stereocenters. The van der Waals surface area contributed by atoms with Gasteiger partial charge >= 0.3 is 6.18 Å². The van der Waals surface area contributed by atoms with Crippen molar-refractivity contribution in [1.29, 1.82) is 0 Å². The minimum absolute atomic E-state index is 0.218. The summed E-state index contributed by atoms with van der Waals surface area (Å²) < 4.78 is 36.4. The molecule has 0 aliphatic rings. The first kappa shape index (κ1) is 17.7. The van der Waals surface area contributed by atoms with Gasteiger partial charge in [0.05, 0.1) is 10.6 Å². The zero-order chi connectivity index (χ0) is 13.4. The van der Waals surface area contributed by atoms with Gasteiger partial charge in [-0.3, -0.25) is 0 Å². The highest BCUT2D eigenvalue weighted by Crippen LogP contribution is 2.35. The van der Waals surface area contributed by atoms with Crippen LogP contribution in [0.5, 0.6) is 0 Å². The summed E-state index contributed by atoms with van der Waals surface area (Å²) >= 11 is 5.46. The fourth-order valence-corrected chi connectivity index (χ4v) is 1.10. The Morgan fingerprint density at radius 3 is 1.75 bits per heavy atom. The summed E-state index contributed by atoms with van der Waals surface area (Å²) in [4.78, 5) is 0. The molecular formula is C12H18ClF3. The molecule has 1 rings (SSSR count). The fourth-order valence-electron chi connectivity index (χ4n) is 0.866. The molecule has 0 nitrogen and oxygen atoms in total. The number of benzene rings is 1. The smallest absolute Gasteiger partial charge is 0.166 e. The first-order valence-electron chi connectivity index (χ1n) is 5.25. The molecule has 16 heavy (non-hydrogen) atoms. The summed E-state index contributed by atoms with van der Waals surface area (Å²) in [6, 6.07) is 3.84. The van der Waals surface area contributed by atoms with E-state index in [1.165, 1.54) is 19.1 Å². The summed E-state index contributed by atoms with van der Waals surface area (Å²) in [5.74, 6) is 0. The van der Waals surface area contributed by atoms with Crippen LogP contribution in [0.4, 0.5) is 13.2 Å². The molecule has 0 spiro atoms. The Bertz CT molecular complexity index is 293. The molecule has 0 radical (unpaired) electrons. The second-order valence-electron chi connectivity index (χ2n) is 2.43. The molecule has 0 saturated carbocycles. The average Bonchev–Trinajstić information content (AvgIpc) is 2.26. The van der Waals surface area contributed by atoms with Crippen molar-refractivity contribution in [3.8, 4) is 0 Å². The third-order valence-electron chi connectivity index (χ3n) is 1.50. The maximum absolute atomic E-state index is 12.1. The number of hydrogen-bond donors (Lipinski definition) is 0. The Balaban J connectivity index is 0. The van der Waals surface area contributed by atoms with Crippen molar-refractivity contribution in [1.82, 2.24) is 0 Å². The molecule has 1 aromatic rings. The SMILES string of the molecule is CC.CC.Cc1cccc(C(F)(F)F)c1Cl. The largest absolute Gasteiger partial charge is 0.417 e. The number of hydrogen-bond acceptors (Lipinski definition) is 0. The fraction of sp³-hybridized carbons (Fsp3) is 0.500. The zero-order valence-electron chi connectivity index (χ0n) is 10.2. The van der Waals surface area contributed by atoms with E-state index >= 15 is 0 Å². The van der Waals surface area contributed by atoms with Crippen molar-refractivity contribution in [2.45, 2.75) is 40.8 Å². The van der Waals surface area contributed by atoms with Crippen molar-refractivity contribution in [2.75, 3.05) is 0 Å². The van der Waals surface area contributed by atoms with Gasteiger partial charge in [-0.25, -0.2) is 0 Å². The van der Waals surface area contributed by atoms with E-state index in [0.29, 0.717) is 5.56 Å². The molecule has 0 saturated heterocycles. The minimum Gasteiger partial charge on any atom is -0.166 e. The molecule has 0 amide bonds. The molecule has 0 heterocycles. The van der Waals surface area contributed by atoms with Crippen LogP contribution in [0.3, 0.4) is 0 Å². The van der Waals surface area contributed by atoms with Crippen molar-refractivity contribution in [3.05, 3.63) is 34.3 Å². The molecule has 0 fully saturated rings. The van der Waals surface area contributed by atoms with E-state index in [0.717, 1.165) is 6.07 Å². The van der Waals surface area contributed by atoms with Gasteiger partial charge in [0, 0.05) is 0 Å². The number of halogens is 4. The first-order valence-corrected chi connectivity index (χ1v) is 5.63. The van der Waals surface area contributed by atoms with Crippen LogP contribution in [0.25, 0.3) is 0 Å². The average molecular weight is 255 g/mol. The number of aryl methyl sites for hydroxylation is 1. The quantitative estimate of drug-likeness (QED) is 0.555. The summed E-state index contributed by atoms with van der Waals surface area (Å²) in [5, 5.41) is -0.218. The lowest BCUT2D eigenvalue weighted by atomic mass is 10.1. The Labute approximate surface area is 100 Å². The van der Waals surface area contributed by atoms with Crippen LogP contribution in [0.2, 0.25) is 5.02 Å². The van der Waals surface area contributed by atoms with E-state index in [9.17, 15) is 13.2 Å². The van der Waals surface area contributed by atoms with Gasteiger partial charge in [0.2, 0.25) is 0 Å². The molecule has 1 aromatic carbocycles. The lowest BCUT2D eigenvalue weighted by Gasteiger charge is -2.09. The summed E-state index contributed by atoms with van der Waals surface area (Å²) in [5.41, 5.74) is -0.337. The van der Waals surface area contributed by atoms with Crippen LogP contribution < -0.4 is 0 Å². The highest BCUT2D eigenvalue weighted by atomic mass is 35.5. The van der Waals surface area contributed by atoms with Gasteiger partial charge in [0.15, 0.2) is 0 Å². The van der Waals surface area contributed by atoms with E-state index in [1.54, 1.807) is 0 Å². The maximum atomic E-state index is 12.1. The third kappa shape index (κ3) is 5.40. The minimum atomic E-state index is -4.36. The second-order valence-corrected chi connectivity index (χ2v) is 2.81. The second kappa shape index (κ2) is 8.45. The van der Waals surface area contributed by atoms with Crippen LogP contribution >= 0.6 is 11.6 Å². The Morgan fingerprint density at radius 1 is 1.00 bits per heavy atom. The van der Waals surface area contributed by atoms with Crippen LogP contribution in [-0.2, 0) is 6.18 Å². The molecule has 0 aromatic heterocycles. The van der Waals surface area contributed by atoms with E-state index in [1.807, 2.05) is 27.7 Å². The Kier molecular flexibility index (Phi) is 9.34. The summed E-state index contributed by atoms with van der Waals surface area (Å²) in [7, 11) is 0. The molecule has 0 N–H and O–H groups in total. The predicted octanol–water partition coefficient (Wildman–Crippen LogP) is 5.72. The van der Waals surface area contributed by atoms with E-state index in [2.05, 4.69) is 0 Å². The van der Waals surface area contributed by atoms with Gasteiger partial charge in [0.25, 0.3) is 0 Å². The Morgan fingerprint density at radius 2 is 1.44 bits per heavy atom. The predicted molar refractivity (Wildman–Crippen MR) is 63.9 cm³/mol. The molecule has 0 atom stereocenters. The highest BCUT2D eigenvalue weighted by molar-refractivity contribution is 6.32. The molecular weight excluding hydrogens is 237 g/mol. The van der Waals surface area contributed by atoms with Crippen LogP contribution in [0.15, 0.2) is 18.2 Å². The van der Waals surface area contributed by atoms with Gasteiger partial charge in [0.1, 0.15) is 0 Å². The molecule has 0 bridgehead atoms. The highest BCUT2D eigenvalue weighted by Gasteiger charge is 2.33. The topological polar surface area (TPSA) is 0 Å². The lowest BCUT2D eigenvalue weighted by molar-refractivity contribution is -0.137. The van der Waals surface area contributed by atoms with Crippen molar-refractivity contribution < 1.29 is 13.2 Å². The molecule has 0 aliphatic carbocycles. The molecule has 4 heteroatoms. The van der Waals surface area contributed by atoms with E-state index in [4.69, 9.17) is 11.6 Å². The van der Waals surface area contributed by atoms with Crippen molar-refractivity contribution in [2.24, 2.45) is 0 Å². The maximum Gasteiger partial charge on any atom is 0.417 e. The zero-order valence-corrected chi connectivity index (χ0v) is 11.0. The molecule has 94 valence electrons. The van der Waals surface area contributed by atoms with Gasteiger partial charge in [-0.05, 0) is 18.6 Å². The van der Waals surface area contributed by atoms with E-state index < -0.39 is 11.7 Å². The lowest BCUT2D eigenvalue weighted by Crippen LogP contribution is -2.06. The van der Waals surface area contributed by atoms with Gasteiger partial charge in [-0.2, -0.15) is 13.2 Å². The van der Waals surface area contributed by atoms with Gasteiger partial charge in [-0.15, -0.1) is 0 Å². The monoisotopic (exact) mass is 254 g/mol. The summed E-state index contributed by atoms with van der Waals surface area (Å²) in [6.45, 7) is 9.54. The van der Waals surface area contributed by atoms with E-state index in [-0.39, 0.29) is 5.02 Å². The first-order chi connectivity index (χ1) is 7.43. The summed E-state index contributed by atoms with van der Waals surface area (Å²) in [6.07, 6.45) is -4.36. The third-order valence-corrected chi connectivity index (χ3v) is 2.00. The van der Waals surface area contributed by atoms with Crippen LogP contribution in [-0.4, -0.2) is 0 Å². The van der Waals surface area contributed by atoms with Gasteiger partial charge in [-0.1, -0.05) is 51.4 Å². The van der Waals surface area contributed by atoms with Crippen molar-refractivity contribution >= 4 is 11.6 Å². The van der Waals surface area contributed by atoms with Crippen LogP contribution in [0, 0.1) is 6.92 Å². The molecule has 0 aliphatic heterocycles. The standard InChI is InChI=1S/C8H6ClF3.2C2H6/c1-5-3-2-4-6(7(5)9)8(10,11)12;2*1-2/h2-4H,1H3;2*1-2H3. The van der Waals surface area contributed by atoms with Gasteiger partial charge < -0.3 is 0 Å².